The minimum Gasteiger partial charge on any atom is -0.447 e. The molecule has 0 aromatic heterocycles. The van der Waals surface area contributed by atoms with Crippen LogP contribution in [0.2, 0.25) is 0 Å². The van der Waals surface area contributed by atoms with Gasteiger partial charge in [-0.1, -0.05) is 25.0 Å². The Morgan fingerprint density at radius 3 is 2.83 bits per heavy atom. The number of fused-ring (bicyclic) bond motifs is 1. The minimum atomic E-state index is -0.233. The second-order valence-corrected chi connectivity index (χ2v) is 6.82. The molecule has 2 unspecified atom stereocenters. The van der Waals surface area contributed by atoms with Gasteiger partial charge in [0.2, 0.25) is 0 Å². The zero-order valence-electron chi connectivity index (χ0n) is 13.4. The lowest BCUT2D eigenvalue weighted by molar-refractivity contribution is 0.0132. The quantitative estimate of drug-likeness (QED) is 0.910. The smallest absolute Gasteiger partial charge is 0.414 e. The first-order chi connectivity index (χ1) is 11.2. The second kappa shape index (κ2) is 6.13. The number of benzene rings is 1. The van der Waals surface area contributed by atoms with Crippen molar-refractivity contribution in [3.8, 4) is 0 Å². The van der Waals surface area contributed by atoms with Gasteiger partial charge in [0.1, 0.15) is 6.61 Å². The maximum atomic E-state index is 11.9. The predicted octanol–water partition coefficient (Wildman–Crippen LogP) is 2.30. The van der Waals surface area contributed by atoms with E-state index in [-0.39, 0.29) is 18.2 Å². The molecular formula is C18H24N2O3. The molecule has 2 fully saturated rings. The summed E-state index contributed by atoms with van der Waals surface area (Å²) in [5.74, 6) is 0. The highest BCUT2D eigenvalue weighted by atomic mass is 16.6. The summed E-state index contributed by atoms with van der Waals surface area (Å²) in [5, 5.41) is 10.3. The van der Waals surface area contributed by atoms with Crippen LogP contribution in [0, 0.1) is 0 Å². The summed E-state index contributed by atoms with van der Waals surface area (Å²) in [6.45, 7) is 2.94. The molecule has 2 atom stereocenters. The normalized spacial score (nSPS) is 28.6. The zero-order valence-corrected chi connectivity index (χ0v) is 13.4. The Bertz CT molecular complexity index is 604. The summed E-state index contributed by atoms with van der Waals surface area (Å²) in [6.07, 6.45) is 4.88. The van der Waals surface area contributed by atoms with E-state index in [1.165, 1.54) is 17.5 Å². The van der Waals surface area contributed by atoms with E-state index in [0.29, 0.717) is 13.2 Å². The number of carbonyl (C=O) groups excluding carboxylic acids is 1. The average Bonchev–Trinajstić information content (AvgIpc) is 3.00. The van der Waals surface area contributed by atoms with Crippen molar-refractivity contribution in [1.29, 1.82) is 0 Å². The third kappa shape index (κ3) is 2.72. The van der Waals surface area contributed by atoms with Crippen molar-refractivity contribution in [2.45, 2.75) is 50.8 Å². The third-order valence-electron chi connectivity index (χ3n) is 5.49. The fourth-order valence-corrected chi connectivity index (χ4v) is 4.28. The maximum absolute atomic E-state index is 11.9. The van der Waals surface area contributed by atoms with Gasteiger partial charge < -0.3 is 9.84 Å². The van der Waals surface area contributed by atoms with Gasteiger partial charge in [0.25, 0.3) is 0 Å². The van der Waals surface area contributed by atoms with E-state index in [4.69, 9.17) is 4.74 Å². The number of hydrogen-bond acceptors (Lipinski definition) is 4. The van der Waals surface area contributed by atoms with E-state index in [0.717, 1.165) is 44.5 Å². The van der Waals surface area contributed by atoms with Crippen molar-refractivity contribution >= 4 is 11.8 Å². The van der Waals surface area contributed by atoms with Crippen LogP contribution in [0.5, 0.6) is 0 Å². The highest BCUT2D eigenvalue weighted by Gasteiger charge is 2.33. The number of hydrogen-bond donors (Lipinski definition) is 1. The highest BCUT2D eigenvalue weighted by molar-refractivity contribution is 5.90. The molecule has 2 aliphatic heterocycles. The van der Waals surface area contributed by atoms with E-state index in [9.17, 15) is 9.90 Å². The number of aliphatic hydroxyl groups is 1. The topological polar surface area (TPSA) is 53.0 Å². The van der Waals surface area contributed by atoms with Crippen LogP contribution in [0.1, 0.15) is 36.8 Å². The third-order valence-corrected chi connectivity index (χ3v) is 5.49. The van der Waals surface area contributed by atoms with Gasteiger partial charge in [0.15, 0.2) is 0 Å². The molecule has 1 saturated carbocycles. The van der Waals surface area contributed by atoms with Gasteiger partial charge in [-0.2, -0.15) is 0 Å². The standard InChI is InChI=1S/C18H24N2O3/c21-17-7-2-1-5-16(17)19-9-8-14-13(12-19)4-3-6-15(14)20-10-11-23-18(20)22/h3-4,6,16-17,21H,1-2,5,7-12H2. The van der Waals surface area contributed by atoms with Gasteiger partial charge in [-0.15, -0.1) is 0 Å². The van der Waals surface area contributed by atoms with Crippen molar-refractivity contribution in [2.24, 2.45) is 0 Å². The van der Waals surface area contributed by atoms with Crippen molar-refractivity contribution in [1.82, 2.24) is 4.90 Å². The van der Waals surface area contributed by atoms with Gasteiger partial charge >= 0.3 is 6.09 Å². The van der Waals surface area contributed by atoms with E-state index in [1.807, 2.05) is 12.1 Å². The van der Waals surface area contributed by atoms with Crippen LogP contribution in [0.25, 0.3) is 0 Å². The molecule has 1 saturated heterocycles. The van der Waals surface area contributed by atoms with Crippen LogP contribution < -0.4 is 4.90 Å². The summed E-state index contributed by atoms with van der Waals surface area (Å²) < 4.78 is 5.08. The van der Waals surface area contributed by atoms with Gasteiger partial charge in [0, 0.05) is 19.1 Å². The van der Waals surface area contributed by atoms with Crippen molar-refractivity contribution in [3.05, 3.63) is 29.3 Å². The van der Waals surface area contributed by atoms with Gasteiger partial charge in [0.05, 0.1) is 18.3 Å². The molecule has 1 amide bonds. The van der Waals surface area contributed by atoms with Crippen LogP contribution in [-0.2, 0) is 17.7 Å². The lowest BCUT2D eigenvalue weighted by atomic mass is 9.88. The molecule has 23 heavy (non-hydrogen) atoms. The van der Waals surface area contributed by atoms with Crippen LogP contribution >= 0.6 is 0 Å². The first-order valence-electron chi connectivity index (χ1n) is 8.71. The summed E-state index contributed by atoms with van der Waals surface area (Å²) in [6, 6.07) is 6.50. The highest BCUT2D eigenvalue weighted by Crippen LogP contribution is 2.33. The van der Waals surface area contributed by atoms with Gasteiger partial charge in [-0.25, -0.2) is 4.79 Å². The van der Waals surface area contributed by atoms with Crippen LogP contribution in [0.3, 0.4) is 0 Å². The molecule has 0 bridgehead atoms. The monoisotopic (exact) mass is 316 g/mol. The van der Waals surface area contributed by atoms with Crippen LogP contribution in [-0.4, -0.2) is 47.9 Å². The van der Waals surface area contributed by atoms with Gasteiger partial charge in [-0.05, 0) is 36.5 Å². The number of amides is 1. The Balaban J connectivity index is 1.57. The summed E-state index contributed by atoms with van der Waals surface area (Å²) in [5.41, 5.74) is 3.56. The average molecular weight is 316 g/mol. The molecule has 124 valence electrons. The number of carbonyl (C=O) groups is 1. The van der Waals surface area contributed by atoms with Gasteiger partial charge in [-0.3, -0.25) is 9.80 Å². The number of anilines is 1. The molecule has 1 aromatic rings. The summed E-state index contributed by atoms with van der Waals surface area (Å²) in [4.78, 5) is 16.1. The Kier molecular flexibility index (Phi) is 3.99. The number of nitrogens with zero attached hydrogens (tertiary/aromatic N) is 2. The second-order valence-electron chi connectivity index (χ2n) is 6.82. The molecule has 5 heteroatoms. The van der Waals surface area contributed by atoms with Crippen molar-refractivity contribution in [3.63, 3.8) is 0 Å². The molecule has 4 rings (SSSR count). The fourth-order valence-electron chi connectivity index (χ4n) is 4.28. The molecule has 5 nitrogen and oxygen atoms in total. The van der Waals surface area contributed by atoms with E-state index in [1.54, 1.807) is 4.90 Å². The minimum absolute atomic E-state index is 0.193. The molecule has 0 spiro atoms. The molecule has 3 aliphatic rings. The first-order valence-corrected chi connectivity index (χ1v) is 8.71. The number of ether oxygens (including phenoxy) is 1. The number of aliphatic hydroxyl groups excluding tert-OH is 1. The Morgan fingerprint density at radius 2 is 2.04 bits per heavy atom. The summed E-state index contributed by atoms with van der Waals surface area (Å²) >= 11 is 0. The number of cyclic esters (lactones) is 1. The number of rotatable bonds is 2. The largest absolute Gasteiger partial charge is 0.447 e. The van der Waals surface area contributed by atoms with Crippen LogP contribution in [0.4, 0.5) is 10.5 Å². The maximum Gasteiger partial charge on any atom is 0.414 e. The molecular weight excluding hydrogens is 292 g/mol. The lowest BCUT2D eigenvalue weighted by Gasteiger charge is -2.40. The van der Waals surface area contributed by atoms with Crippen molar-refractivity contribution in [2.75, 3.05) is 24.6 Å². The molecule has 2 heterocycles. The van der Waals surface area contributed by atoms with Crippen molar-refractivity contribution < 1.29 is 14.6 Å². The van der Waals surface area contributed by atoms with E-state index < -0.39 is 0 Å². The Hall–Kier alpha value is -1.59. The summed E-state index contributed by atoms with van der Waals surface area (Å²) in [7, 11) is 0. The molecule has 1 aliphatic carbocycles. The molecule has 1 aromatic carbocycles. The molecule has 0 radical (unpaired) electrons. The first kappa shape index (κ1) is 15.0. The fraction of sp³-hybridized carbons (Fsp3) is 0.611. The predicted molar refractivity (Wildman–Crippen MR) is 87.5 cm³/mol. The Labute approximate surface area is 136 Å². The SMILES string of the molecule is O=C1OCCN1c1cccc2c1CCN(C1CCCCC1O)C2. The zero-order chi connectivity index (χ0) is 15.8. The molecule has 1 N–H and O–H groups in total. The lowest BCUT2D eigenvalue weighted by Crippen LogP contribution is -2.47. The van der Waals surface area contributed by atoms with E-state index >= 15 is 0 Å². The Morgan fingerprint density at radius 1 is 1.17 bits per heavy atom. The van der Waals surface area contributed by atoms with E-state index in [2.05, 4.69) is 11.0 Å². The van der Waals surface area contributed by atoms with Crippen LogP contribution in [0.15, 0.2) is 18.2 Å².